The van der Waals surface area contributed by atoms with Gasteiger partial charge in [0.05, 0.1) is 53.2 Å². The van der Waals surface area contributed by atoms with Crippen molar-refractivity contribution < 1.29 is 50.6 Å². The largest absolute Gasteiger partial charge is 0.497 e. The number of alkyl halides is 2. The third-order valence-corrected chi connectivity index (χ3v) is 16.8. The van der Waals surface area contributed by atoms with Gasteiger partial charge < -0.3 is 19.1 Å². The highest BCUT2D eigenvalue weighted by Gasteiger charge is 2.67. The van der Waals surface area contributed by atoms with E-state index in [1.807, 2.05) is 19.1 Å². The van der Waals surface area contributed by atoms with Crippen LogP contribution >= 0.6 is 0 Å². The minimum absolute atomic E-state index is 0. The molecule has 1 saturated heterocycles. The fraction of sp³-hybridized carbons (Fsp3) is 0.733. The number of hydrogen-bond donors (Lipinski definition) is 1. The van der Waals surface area contributed by atoms with Crippen molar-refractivity contribution in [3.8, 4) is 11.6 Å². The predicted octanol–water partition coefficient (Wildman–Crippen LogP) is 7.12. The monoisotopic (exact) mass is 872 g/mol. The highest BCUT2D eigenvalue weighted by molar-refractivity contribution is 7.91. The quantitative estimate of drug-likeness (QED) is 0.241. The molecule has 2 bridgehead atoms. The number of esters is 1. The number of carbonyl (C=O) groups excluding carboxylic acids is 4. The summed E-state index contributed by atoms with van der Waals surface area (Å²) < 4.78 is 74.4. The van der Waals surface area contributed by atoms with Crippen molar-refractivity contribution in [3.05, 3.63) is 23.9 Å². The number of amides is 2. The van der Waals surface area contributed by atoms with E-state index in [1.54, 1.807) is 13.2 Å². The van der Waals surface area contributed by atoms with Crippen LogP contribution in [-0.2, 0) is 40.4 Å². The van der Waals surface area contributed by atoms with E-state index < -0.39 is 86.5 Å². The van der Waals surface area contributed by atoms with Gasteiger partial charge in [0.2, 0.25) is 34.1 Å². The zero-order valence-electron chi connectivity index (χ0n) is 34.8. The molecule has 16 heteroatoms. The second kappa shape index (κ2) is 17.7. The summed E-state index contributed by atoms with van der Waals surface area (Å²) in [5.41, 5.74) is -0.146. The lowest BCUT2D eigenvalue weighted by molar-refractivity contribution is -0.153. The fourth-order valence-corrected chi connectivity index (χ4v) is 11.6. The lowest BCUT2D eigenvalue weighted by Crippen LogP contribution is -2.49. The number of aromatic nitrogens is 2. The summed E-state index contributed by atoms with van der Waals surface area (Å²) in [7, 11) is -2.63. The molecule has 4 saturated carbocycles. The van der Waals surface area contributed by atoms with Crippen molar-refractivity contribution in [3.63, 3.8) is 0 Å². The van der Waals surface area contributed by atoms with Gasteiger partial charge in [0.15, 0.2) is 5.78 Å². The number of methoxy groups -OCH3 is 1. The Hall–Kier alpha value is -3.95. The van der Waals surface area contributed by atoms with Gasteiger partial charge in [-0.25, -0.2) is 27.2 Å². The second-order valence-corrected chi connectivity index (χ2v) is 20.9. The number of nitrogens with zero attached hydrogens (tertiary/aromatic N) is 3. The molecule has 2 aromatic rings. The zero-order chi connectivity index (χ0) is 42.6. The molecular weight excluding hydrogens is 811 g/mol. The molecule has 8 rings (SSSR count). The Morgan fingerprint density at radius 2 is 1.69 bits per heavy atom. The minimum Gasteiger partial charge on any atom is -0.497 e. The number of rotatable bonds is 10. The number of aryl methyl sites for hydroxylation is 1. The molecule has 0 unspecified atom stereocenters. The number of nitrogens with one attached hydrogen (secondary N) is 1. The van der Waals surface area contributed by atoms with Crippen LogP contribution in [0.5, 0.6) is 11.6 Å². The summed E-state index contributed by atoms with van der Waals surface area (Å²) in [5, 5.41) is 0. The first-order chi connectivity index (χ1) is 28.7. The fourth-order valence-electron chi connectivity index (χ4n) is 10.3. The summed E-state index contributed by atoms with van der Waals surface area (Å²) in [6.45, 7) is 3.29. The molecular formula is C45H62F2N4O9S. The predicted molar refractivity (Wildman–Crippen MR) is 222 cm³/mol. The number of ketones is 1. The Balaban J connectivity index is 0.00000561. The van der Waals surface area contributed by atoms with Crippen LogP contribution < -0.4 is 14.2 Å². The normalized spacial score (nSPS) is 31.6. The van der Waals surface area contributed by atoms with Crippen molar-refractivity contribution in [2.24, 2.45) is 35.0 Å². The number of Topliss-reactive ketones (excluding diaryl/α,β-unsaturated/α-hetero) is 1. The highest BCUT2D eigenvalue weighted by Crippen LogP contribution is 2.59. The van der Waals surface area contributed by atoms with Gasteiger partial charge in [0, 0.05) is 24.3 Å². The molecule has 1 aromatic carbocycles. The smallest absolute Gasteiger partial charge is 0.306 e. The van der Waals surface area contributed by atoms with Gasteiger partial charge in [0.25, 0.3) is 0 Å². The molecule has 0 radical (unpaired) electrons. The van der Waals surface area contributed by atoms with Gasteiger partial charge in [-0.3, -0.25) is 23.9 Å². The molecule has 3 heterocycles. The van der Waals surface area contributed by atoms with Crippen molar-refractivity contribution in [2.75, 3.05) is 13.7 Å². The van der Waals surface area contributed by atoms with Crippen LogP contribution in [0.3, 0.4) is 0 Å². The zero-order valence-corrected chi connectivity index (χ0v) is 35.7. The van der Waals surface area contributed by atoms with Crippen molar-refractivity contribution in [1.29, 1.82) is 0 Å². The summed E-state index contributed by atoms with van der Waals surface area (Å²) in [5.74, 6) is -4.60. The standard InChI is InChI=1S/C44H58F2N4O9S.CH4/c1-4-28-36-24-50(38(28)34(51)23-44(22-30(44)39(45)46)42(54)49-60(55,56)43(2)17-18-43)41(53)29(25-11-7-5-8-12-25)21-37(52)58-35-19-26(35)13-9-6-10-14-32-40(59-36)48-33-20-27(57-3)15-16-31(33)47-32;/h15-16,20,25-26,28-30,35-36,38-39H,4-14,17-19,21-24H2,1-3H3,(H,49,54);1H4/t26-,28-,29+,30+,35-,36+,38+,44-;/m1./s1. The molecule has 6 aliphatic rings. The van der Waals surface area contributed by atoms with E-state index in [4.69, 9.17) is 24.2 Å². The Labute approximate surface area is 357 Å². The van der Waals surface area contributed by atoms with Gasteiger partial charge in [-0.2, -0.15) is 0 Å². The van der Waals surface area contributed by atoms with Crippen LogP contribution in [0.4, 0.5) is 8.78 Å². The molecule has 8 atom stereocenters. The maximum Gasteiger partial charge on any atom is 0.306 e. The van der Waals surface area contributed by atoms with Crippen LogP contribution in [0.25, 0.3) is 11.0 Å². The van der Waals surface area contributed by atoms with E-state index >= 15 is 4.79 Å². The van der Waals surface area contributed by atoms with Gasteiger partial charge in [0.1, 0.15) is 23.7 Å². The minimum atomic E-state index is -4.19. The molecule has 2 aliphatic heterocycles. The topological polar surface area (TPSA) is 171 Å². The summed E-state index contributed by atoms with van der Waals surface area (Å²) in [6.07, 6.45) is 4.99. The van der Waals surface area contributed by atoms with Crippen LogP contribution in [0, 0.1) is 35.0 Å². The summed E-state index contributed by atoms with van der Waals surface area (Å²) in [6, 6.07) is 4.19. The first kappa shape index (κ1) is 45.1. The van der Waals surface area contributed by atoms with Crippen LogP contribution in [-0.4, -0.2) is 89.9 Å². The maximum absolute atomic E-state index is 15.2. The number of halogens is 2. The number of ether oxygens (including phenoxy) is 3. The first-order valence-electron chi connectivity index (χ1n) is 22.1. The highest BCUT2D eigenvalue weighted by atomic mass is 32.2. The molecule has 4 aliphatic carbocycles. The molecule has 13 nitrogen and oxygen atoms in total. The molecule has 2 amide bonds. The van der Waals surface area contributed by atoms with Gasteiger partial charge in [-0.1, -0.05) is 46.5 Å². The number of sulfonamides is 1. The Morgan fingerprint density at radius 3 is 2.34 bits per heavy atom. The Morgan fingerprint density at radius 1 is 0.984 bits per heavy atom. The molecule has 336 valence electrons. The number of hydrogen-bond acceptors (Lipinski definition) is 11. The number of carbonyl (C=O) groups is 4. The molecule has 1 aromatic heterocycles. The molecule has 0 spiro atoms. The summed E-state index contributed by atoms with van der Waals surface area (Å²) >= 11 is 0. The molecule has 5 fully saturated rings. The lowest BCUT2D eigenvalue weighted by atomic mass is 9.77. The third-order valence-electron chi connectivity index (χ3n) is 14.6. The van der Waals surface area contributed by atoms with Crippen molar-refractivity contribution >= 4 is 44.6 Å². The average molecular weight is 873 g/mol. The maximum atomic E-state index is 15.2. The molecule has 1 N–H and O–H groups in total. The second-order valence-electron chi connectivity index (χ2n) is 18.7. The van der Waals surface area contributed by atoms with Gasteiger partial charge in [-0.15, -0.1) is 0 Å². The third kappa shape index (κ3) is 9.11. The van der Waals surface area contributed by atoms with Crippen molar-refractivity contribution in [1.82, 2.24) is 19.6 Å². The summed E-state index contributed by atoms with van der Waals surface area (Å²) in [4.78, 5) is 68.9. The number of benzene rings is 1. The molecule has 61 heavy (non-hydrogen) atoms. The van der Waals surface area contributed by atoms with Gasteiger partial charge >= 0.3 is 5.97 Å². The van der Waals surface area contributed by atoms with E-state index in [9.17, 15) is 31.6 Å². The number of fused-ring (bicyclic) bond motifs is 5. The lowest BCUT2D eigenvalue weighted by Gasteiger charge is -2.35. The van der Waals surface area contributed by atoms with E-state index in [1.165, 1.54) is 11.8 Å². The van der Waals surface area contributed by atoms with Crippen LogP contribution in [0.1, 0.15) is 130 Å². The van der Waals surface area contributed by atoms with Crippen LogP contribution in [0.2, 0.25) is 0 Å². The Bertz CT molecular complexity index is 2110. The van der Waals surface area contributed by atoms with Crippen molar-refractivity contribution in [2.45, 2.75) is 160 Å². The Kier molecular flexibility index (Phi) is 13.1. The van der Waals surface area contributed by atoms with Gasteiger partial charge in [-0.05, 0) is 95.1 Å². The van der Waals surface area contributed by atoms with E-state index in [-0.39, 0.29) is 50.6 Å². The van der Waals surface area contributed by atoms with E-state index in [2.05, 4.69) is 4.72 Å². The average Bonchev–Trinajstić information content (AvgIpc) is 4.18. The van der Waals surface area contributed by atoms with E-state index in [0.717, 1.165) is 64.2 Å². The van der Waals surface area contributed by atoms with Crippen LogP contribution in [0.15, 0.2) is 18.2 Å². The van der Waals surface area contributed by atoms with E-state index in [0.29, 0.717) is 48.2 Å². The SMILES string of the molecule is C.CC[C@@H]1[C@@H]2CN(C(=O)[C@H](C3CCCCC3)CC(=O)O[C@@H]3C[C@H]3CCCCCc3nc4ccc(OC)cc4nc3O2)[C@@H]1C(=O)C[C@]1(C(=O)NS(=O)(=O)C2(C)CC2)C[C@H]1C(F)F. The first-order valence-corrected chi connectivity index (χ1v) is 23.5.